The van der Waals surface area contributed by atoms with Crippen molar-refractivity contribution < 1.29 is 4.79 Å². The lowest BCUT2D eigenvalue weighted by atomic mass is 10.1. The van der Waals surface area contributed by atoms with Crippen LogP contribution in [0.25, 0.3) is 0 Å². The van der Waals surface area contributed by atoms with Crippen molar-refractivity contribution in [3.05, 3.63) is 58.9 Å². The van der Waals surface area contributed by atoms with Crippen molar-refractivity contribution in [3.63, 3.8) is 0 Å². The second kappa shape index (κ2) is 8.01. The maximum atomic E-state index is 13.0. The molecular weight excluding hydrogens is 308 g/mol. The van der Waals surface area contributed by atoms with Gasteiger partial charge in [0.15, 0.2) is 5.78 Å². The zero-order chi connectivity index (χ0) is 17.8. The zero-order valence-corrected chi connectivity index (χ0v) is 15.8. The van der Waals surface area contributed by atoms with Crippen LogP contribution in [0.2, 0.25) is 0 Å². The van der Waals surface area contributed by atoms with E-state index < -0.39 is 0 Å². The lowest BCUT2D eigenvalue weighted by molar-refractivity contribution is 0.0928. The maximum Gasteiger partial charge on any atom is 0.178 e. The molecule has 1 aromatic carbocycles. The summed E-state index contributed by atoms with van der Waals surface area (Å²) in [4.78, 5) is 15.2. The lowest BCUT2D eigenvalue weighted by Crippen LogP contribution is -2.29. The Bertz CT molecular complexity index is 711. The fraction of sp³-hybridized carbons (Fsp3) is 0.500. The van der Waals surface area contributed by atoms with E-state index in [9.17, 15) is 4.79 Å². The summed E-state index contributed by atoms with van der Waals surface area (Å²) in [6.45, 7) is 8.57. The van der Waals surface area contributed by atoms with Gasteiger partial charge in [-0.15, -0.1) is 0 Å². The van der Waals surface area contributed by atoms with Gasteiger partial charge in [0.2, 0.25) is 0 Å². The quantitative estimate of drug-likeness (QED) is 0.669. The standard InChI is InChI=1S/C22H30N2O/c1-4-23(15-19-10-6-5-7-11-19)16-22(25)21-14-17(2)24(18(21)3)20-12-8-9-13-20/h5-7,10-11,14,20H,4,8-9,12-13,15-16H2,1-3H3. The first-order valence-corrected chi connectivity index (χ1v) is 9.58. The number of carbonyl (C=O) groups excluding carboxylic acids is 1. The second-order valence-corrected chi connectivity index (χ2v) is 7.31. The number of Topliss-reactive ketones (excluding diaryl/α,β-unsaturated/α-hetero) is 1. The molecule has 3 heteroatoms. The molecule has 0 N–H and O–H groups in total. The molecule has 0 unspecified atom stereocenters. The molecule has 0 bridgehead atoms. The molecule has 134 valence electrons. The molecule has 0 aliphatic heterocycles. The fourth-order valence-corrected chi connectivity index (χ4v) is 4.19. The Morgan fingerprint density at radius 2 is 1.84 bits per heavy atom. The average Bonchev–Trinajstić information content (AvgIpc) is 3.23. The SMILES string of the molecule is CCN(CC(=O)c1cc(C)n(C2CCCC2)c1C)Cc1ccccc1. The van der Waals surface area contributed by atoms with Gasteiger partial charge in [-0.1, -0.05) is 50.1 Å². The number of rotatable bonds is 7. The molecule has 1 saturated carbocycles. The number of hydrogen-bond donors (Lipinski definition) is 0. The minimum absolute atomic E-state index is 0.245. The van der Waals surface area contributed by atoms with Gasteiger partial charge >= 0.3 is 0 Å². The monoisotopic (exact) mass is 338 g/mol. The fourth-order valence-electron chi connectivity index (χ4n) is 4.19. The highest BCUT2D eigenvalue weighted by Gasteiger charge is 2.24. The molecular formula is C22H30N2O. The van der Waals surface area contributed by atoms with Gasteiger partial charge in [0, 0.05) is 29.5 Å². The van der Waals surface area contributed by atoms with E-state index in [0.29, 0.717) is 12.6 Å². The first-order valence-electron chi connectivity index (χ1n) is 9.58. The predicted octanol–water partition coefficient (Wildman–Crippen LogP) is 4.92. The van der Waals surface area contributed by atoms with Crippen LogP contribution in [0.3, 0.4) is 0 Å². The normalized spacial score (nSPS) is 15.2. The summed E-state index contributed by atoms with van der Waals surface area (Å²) < 4.78 is 2.41. The molecule has 0 amide bonds. The number of hydrogen-bond acceptors (Lipinski definition) is 2. The van der Waals surface area contributed by atoms with Gasteiger partial charge in [-0.3, -0.25) is 9.69 Å². The number of aromatic nitrogens is 1. The van der Waals surface area contributed by atoms with E-state index >= 15 is 0 Å². The van der Waals surface area contributed by atoms with Gasteiger partial charge in [0.1, 0.15) is 0 Å². The minimum atomic E-state index is 0.245. The van der Waals surface area contributed by atoms with E-state index in [0.717, 1.165) is 24.3 Å². The van der Waals surface area contributed by atoms with Crippen LogP contribution >= 0.6 is 0 Å². The Labute approximate surface area is 151 Å². The molecule has 1 heterocycles. The number of aryl methyl sites for hydroxylation is 1. The van der Waals surface area contributed by atoms with Crippen LogP contribution in [0.4, 0.5) is 0 Å². The van der Waals surface area contributed by atoms with Crippen molar-refractivity contribution in [2.24, 2.45) is 0 Å². The highest BCUT2D eigenvalue weighted by atomic mass is 16.1. The van der Waals surface area contributed by atoms with E-state index in [2.05, 4.69) is 60.6 Å². The number of likely N-dealkylation sites (N-methyl/N-ethyl adjacent to an activating group) is 1. The molecule has 0 spiro atoms. The molecule has 1 aliphatic rings. The summed E-state index contributed by atoms with van der Waals surface area (Å²) in [7, 11) is 0. The molecule has 1 aliphatic carbocycles. The maximum absolute atomic E-state index is 13.0. The van der Waals surface area contributed by atoms with E-state index in [-0.39, 0.29) is 5.78 Å². The number of benzene rings is 1. The average molecular weight is 338 g/mol. The first kappa shape index (κ1) is 17.9. The van der Waals surface area contributed by atoms with Gasteiger partial charge in [0.05, 0.1) is 6.54 Å². The highest BCUT2D eigenvalue weighted by Crippen LogP contribution is 2.33. The van der Waals surface area contributed by atoms with Gasteiger partial charge in [0.25, 0.3) is 0 Å². The first-order chi connectivity index (χ1) is 12.1. The highest BCUT2D eigenvalue weighted by molar-refractivity contribution is 5.99. The third-order valence-electron chi connectivity index (χ3n) is 5.54. The predicted molar refractivity (Wildman–Crippen MR) is 103 cm³/mol. The summed E-state index contributed by atoms with van der Waals surface area (Å²) in [6, 6.07) is 13.1. The Kier molecular flexibility index (Phi) is 5.74. The van der Waals surface area contributed by atoms with Gasteiger partial charge in [-0.25, -0.2) is 0 Å². The number of ketones is 1. The molecule has 3 nitrogen and oxygen atoms in total. The second-order valence-electron chi connectivity index (χ2n) is 7.31. The van der Waals surface area contributed by atoms with Crippen molar-refractivity contribution in [2.45, 2.75) is 59.0 Å². The van der Waals surface area contributed by atoms with Crippen LogP contribution in [0.1, 0.15) is 66.0 Å². The third kappa shape index (κ3) is 4.04. The molecule has 0 saturated heterocycles. The Hall–Kier alpha value is -1.87. The van der Waals surface area contributed by atoms with Crippen LogP contribution in [-0.4, -0.2) is 28.3 Å². The molecule has 1 aromatic heterocycles. The van der Waals surface area contributed by atoms with E-state index in [1.165, 1.54) is 36.9 Å². The number of nitrogens with zero attached hydrogens (tertiary/aromatic N) is 2. The summed E-state index contributed by atoms with van der Waals surface area (Å²) >= 11 is 0. The third-order valence-corrected chi connectivity index (χ3v) is 5.54. The Morgan fingerprint density at radius 1 is 1.16 bits per heavy atom. The van der Waals surface area contributed by atoms with Crippen LogP contribution in [0.15, 0.2) is 36.4 Å². The lowest BCUT2D eigenvalue weighted by Gasteiger charge is -2.20. The molecule has 25 heavy (non-hydrogen) atoms. The van der Waals surface area contributed by atoms with Gasteiger partial charge in [-0.2, -0.15) is 0 Å². The van der Waals surface area contributed by atoms with Crippen molar-refractivity contribution >= 4 is 5.78 Å². The molecule has 2 aromatic rings. The van der Waals surface area contributed by atoms with Gasteiger partial charge in [-0.05, 0) is 44.9 Å². The van der Waals surface area contributed by atoms with E-state index in [1.54, 1.807) is 0 Å². The summed E-state index contributed by atoms with van der Waals surface area (Å²) in [5, 5.41) is 0. The molecule has 0 atom stereocenters. The van der Waals surface area contributed by atoms with Crippen LogP contribution < -0.4 is 0 Å². The summed E-state index contributed by atoms with van der Waals surface area (Å²) in [5.41, 5.74) is 4.56. The smallest absolute Gasteiger partial charge is 0.178 e. The topological polar surface area (TPSA) is 25.2 Å². The van der Waals surface area contributed by atoms with Crippen molar-refractivity contribution in [3.8, 4) is 0 Å². The van der Waals surface area contributed by atoms with Gasteiger partial charge < -0.3 is 4.57 Å². The zero-order valence-electron chi connectivity index (χ0n) is 15.8. The van der Waals surface area contributed by atoms with E-state index in [1.807, 2.05) is 6.07 Å². The Morgan fingerprint density at radius 3 is 2.48 bits per heavy atom. The minimum Gasteiger partial charge on any atom is -0.345 e. The van der Waals surface area contributed by atoms with E-state index in [4.69, 9.17) is 0 Å². The van der Waals surface area contributed by atoms with Crippen LogP contribution in [0.5, 0.6) is 0 Å². The molecule has 3 rings (SSSR count). The number of carbonyl (C=O) groups is 1. The van der Waals surface area contributed by atoms with Crippen molar-refractivity contribution in [1.29, 1.82) is 0 Å². The van der Waals surface area contributed by atoms with Crippen molar-refractivity contribution in [1.82, 2.24) is 9.47 Å². The molecule has 1 fully saturated rings. The van der Waals surface area contributed by atoms with Crippen LogP contribution in [-0.2, 0) is 6.54 Å². The van der Waals surface area contributed by atoms with Crippen LogP contribution in [0, 0.1) is 13.8 Å². The Balaban J connectivity index is 1.73. The summed E-state index contributed by atoms with van der Waals surface area (Å²) in [5.74, 6) is 0.245. The van der Waals surface area contributed by atoms with Crippen molar-refractivity contribution in [2.75, 3.05) is 13.1 Å². The molecule has 0 radical (unpaired) electrons. The summed E-state index contributed by atoms with van der Waals surface area (Å²) in [6.07, 6.45) is 5.12. The largest absolute Gasteiger partial charge is 0.345 e.